The van der Waals surface area contributed by atoms with Crippen LogP contribution in [0.5, 0.6) is 0 Å². The van der Waals surface area contributed by atoms with E-state index in [9.17, 15) is 4.79 Å². The molecule has 0 aliphatic carbocycles. The molecule has 0 spiro atoms. The Morgan fingerprint density at radius 3 is 2.90 bits per heavy atom. The molecule has 0 bridgehead atoms. The lowest BCUT2D eigenvalue weighted by molar-refractivity contribution is 0.0206. The largest absolute Gasteiger partial charge is 0.444 e. The summed E-state index contributed by atoms with van der Waals surface area (Å²) in [6.07, 6.45) is 3.43. The van der Waals surface area contributed by atoms with Crippen LogP contribution in [-0.2, 0) is 4.74 Å². The highest BCUT2D eigenvalue weighted by Crippen LogP contribution is 2.17. The lowest BCUT2D eigenvalue weighted by Gasteiger charge is -2.34. The fraction of sp³-hybridized carbons (Fsp3) is 0.667. The Labute approximate surface area is 125 Å². The number of ether oxygens (including phenoxy) is 1. The van der Waals surface area contributed by atoms with Gasteiger partial charge in [-0.2, -0.15) is 0 Å². The summed E-state index contributed by atoms with van der Waals surface area (Å²) in [5.74, 6) is 0.617. The highest BCUT2D eigenvalue weighted by atomic mass is 16.6. The quantitative estimate of drug-likeness (QED) is 0.907. The first-order valence-corrected chi connectivity index (χ1v) is 7.37. The van der Waals surface area contributed by atoms with Crippen LogP contribution in [0.15, 0.2) is 12.3 Å². The van der Waals surface area contributed by atoms with Gasteiger partial charge in [-0.05, 0) is 46.6 Å². The third kappa shape index (κ3) is 4.88. The van der Waals surface area contributed by atoms with Crippen LogP contribution >= 0.6 is 0 Å². The average Bonchev–Trinajstić information content (AvgIpc) is 2.37. The van der Waals surface area contributed by atoms with Crippen LogP contribution < -0.4 is 5.32 Å². The van der Waals surface area contributed by atoms with E-state index >= 15 is 0 Å². The van der Waals surface area contributed by atoms with Gasteiger partial charge in [-0.3, -0.25) is 0 Å². The van der Waals surface area contributed by atoms with Crippen molar-refractivity contribution in [1.29, 1.82) is 0 Å². The number of anilines is 1. The van der Waals surface area contributed by atoms with Crippen molar-refractivity contribution < 1.29 is 9.53 Å². The summed E-state index contributed by atoms with van der Waals surface area (Å²) < 4.78 is 5.42. The Morgan fingerprint density at radius 2 is 2.24 bits per heavy atom. The zero-order chi connectivity index (χ0) is 15.5. The fourth-order valence-electron chi connectivity index (χ4n) is 2.29. The number of carbonyl (C=O) groups is 1. The number of aromatic nitrogens is 2. The Balaban J connectivity index is 1.93. The number of hydrogen-bond donors (Lipinski definition) is 1. The Hall–Kier alpha value is -1.85. The summed E-state index contributed by atoms with van der Waals surface area (Å²) in [4.78, 5) is 22.4. The van der Waals surface area contributed by atoms with Crippen LogP contribution in [0.1, 0.15) is 39.3 Å². The summed E-state index contributed by atoms with van der Waals surface area (Å²) >= 11 is 0. The number of nitrogens with one attached hydrogen (secondary N) is 1. The minimum absolute atomic E-state index is 0.160. The van der Waals surface area contributed by atoms with Gasteiger partial charge in [0.15, 0.2) is 0 Å². The molecule has 2 heterocycles. The third-order valence-electron chi connectivity index (χ3n) is 3.20. The second-order valence-electron chi connectivity index (χ2n) is 6.43. The maximum Gasteiger partial charge on any atom is 0.410 e. The van der Waals surface area contributed by atoms with E-state index in [1.165, 1.54) is 0 Å². The predicted molar refractivity (Wildman–Crippen MR) is 81.2 cm³/mol. The highest BCUT2D eigenvalue weighted by Gasteiger charge is 2.27. The molecule has 1 atom stereocenters. The van der Waals surface area contributed by atoms with Gasteiger partial charge >= 0.3 is 6.09 Å². The second kappa shape index (κ2) is 6.28. The normalized spacial score (nSPS) is 19.2. The van der Waals surface area contributed by atoms with E-state index in [1.54, 1.807) is 11.1 Å². The van der Waals surface area contributed by atoms with Crippen molar-refractivity contribution in [3.8, 4) is 0 Å². The molecule has 1 saturated heterocycles. The smallest absolute Gasteiger partial charge is 0.410 e. The topological polar surface area (TPSA) is 67.4 Å². The number of hydrogen-bond acceptors (Lipinski definition) is 5. The van der Waals surface area contributed by atoms with Gasteiger partial charge in [0.1, 0.15) is 5.60 Å². The molecule has 0 aromatic carbocycles. The SMILES string of the molecule is Cc1ccnc(NC2CCCN(C(=O)OC(C)(C)C)C2)n1. The molecule has 1 N–H and O–H groups in total. The number of carbonyl (C=O) groups excluding carboxylic acids is 1. The Morgan fingerprint density at radius 1 is 1.48 bits per heavy atom. The zero-order valence-corrected chi connectivity index (χ0v) is 13.2. The van der Waals surface area contributed by atoms with Crippen molar-refractivity contribution in [3.63, 3.8) is 0 Å². The van der Waals surface area contributed by atoms with E-state index in [1.807, 2.05) is 33.8 Å². The summed E-state index contributed by atoms with van der Waals surface area (Å²) in [5.41, 5.74) is 0.462. The molecule has 6 heteroatoms. The Bertz CT molecular complexity index is 499. The standard InChI is InChI=1S/C15H24N4O2/c1-11-7-8-16-13(17-11)18-12-6-5-9-19(10-12)14(20)21-15(2,3)4/h7-8,12H,5-6,9-10H2,1-4H3,(H,16,17,18). The van der Waals surface area contributed by atoms with Crippen molar-refractivity contribution in [2.24, 2.45) is 0 Å². The zero-order valence-electron chi connectivity index (χ0n) is 13.2. The van der Waals surface area contributed by atoms with Gasteiger partial charge in [0, 0.05) is 31.0 Å². The van der Waals surface area contributed by atoms with Crippen LogP contribution in [-0.4, -0.2) is 45.7 Å². The van der Waals surface area contributed by atoms with E-state index in [2.05, 4.69) is 15.3 Å². The van der Waals surface area contributed by atoms with Gasteiger partial charge in [-0.25, -0.2) is 14.8 Å². The van der Waals surface area contributed by atoms with Crippen molar-refractivity contribution in [1.82, 2.24) is 14.9 Å². The summed E-state index contributed by atoms with van der Waals surface area (Å²) in [6.45, 7) is 8.93. The van der Waals surface area contributed by atoms with Crippen LogP contribution in [0.2, 0.25) is 0 Å². The van der Waals surface area contributed by atoms with E-state index < -0.39 is 5.60 Å². The summed E-state index contributed by atoms with van der Waals surface area (Å²) in [7, 11) is 0. The summed E-state index contributed by atoms with van der Waals surface area (Å²) in [5, 5.41) is 3.30. The molecule has 1 aliphatic heterocycles. The molecule has 1 aliphatic rings. The van der Waals surface area contributed by atoms with Gasteiger partial charge in [0.05, 0.1) is 0 Å². The monoisotopic (exact) mass is 292 g/mol. The third-order valence-corrected chi connectivity index (χ3v) is 3.20. The molecule has 0 saturated carbocycles. The maximum absolute atomic E-state index is 12.1. The molecule has 2 rings (SSSR count). The number of aryl methyl sites for hydroxylation is 1. The van der Waals surface area contributed by atoms with Crippen molar-refractivity contribution in [3.05, 3.63) is 18.0 Å². The molecule has 1 aromatic rings. The van der Waals surface area contributed by atoms with Crippen molar-refractivity contribution in [2.45, 2.75) is 52.2 Å². The van der Waals surface area contributed by atoms with Crippen LogP contribution in [0.4, 0.5) is 10.7 Å². The maximum atomic E-state index is 12.1. The van der Waals surface area contributed by atoms with Crippen LogP contribution in [0, 0.1) is 6.92 Å². The fourth-order valence-corrected chi connectivity index (χ4v) is 2.29. The molecule has 0 radical (unpaired) electrons. The molecule has 6 nitrogen and oxygen atoms in total. The first-order chi connectivity index (χ1) is 9.83. The summed E-state index contributed by atoms with van der Waals surface area (Å²) in [6, 6.07) is 2.02. The van der Waals surface area contributed by atoms with E-state index in [-0.39, 0.29) is 12.1 Å². The first-order valence-electron chi connectivity index (χ1n) is 7.37. The molecular formula is C15H24N4O2. The molecular weight excluding hydrogens is 268 g/mol. The number of amides is 1. The van der Waals surface area contributed by atoms with E-state index in [0.717, 1.165) is 25.1 Å². The lowest BCUT2D eigenvalue weighted by Crippen LogP contribution is -2.47. The lowest BCUT2D eigenvalue weighted by atomic mass is 10.1. The average molecular weight is 292 g/mol. The van der Waals surface area contributed by atoms with Gasteiger partial charge in [-0.1, -0.05) is 0 Å². The number of rotatable bonds is 2. The number of piperidine rings is 1. The number of nitrogens with zero attached hydrogens (tertiary/aromatic N) is 3. The molecule has 1 aromatic heterocycles. The molecule has 116 valence electrons. The predicted octanol–water partition coefficient (Wildman–Crippen LogP) is 2.60. The Kier molecular flexibility index (Phi) is 4.65. The minimum atomic E-state index is -0.461. The molecule has 1 fully saturated rings. The van der Waals surface area contributed by atoms with Crippen molar-refractivity contribution in [2.75, 3.05) is 18.4 Å². The van der Waals surface area contributed by atoms with Crippen LogP contribution in [0.3, 0.4) is 0 Å². The van der Waals surface area contributed by atoms with Gasteiger partial charge < -0.3 is 15.0 Å². The highest BCUT2D eigenvalue weighted by molar-refractivity contribution is 5.68. The molecule has 1 unspecified atom stereocenters. The van der Waals surface area contributed by atoms with Crippen molar-refractivity contribution >= 4 is 12.0 Å². The molecule has 1 amide bonds. The minimum Gasteiger partial charge on any atom is -0.444 e. The van der Waals surface area contributed by atoms with Crippen LogP contribution in [0.25, 0.3) is 0 Å². The van der Waals surface area contributed by atoms with E-state index in [0.29, 0.717) is 12.5 Å². The van der Waals surface area contributed by atoms with Gasteiger partial charge in [0.2, 0.25) is 5.95 Å². The molecule has 21 heavy (non-hydrogen) atoms. The second-order valence-corrected chi connectivity index (χ2v) is 6.43. The van der Waals surface area contributed by atoms with E-state index in [4.69, 9.17) is 4.74 Å². The van der Waals surface area contributed by atoms with Gasteiger partial charge in [0.25, 0.3) is 0 Å². The first kappa shape index (κ1) is 15.5. The number of likely N-dealkylation sites (tertiary alicyclic amines) is 1. The van der Waals surface area contributed by atoms with Gasteiger partial charge in [-0.15, -0.1) is 0 Å².